The Labute approximate surface area is 223 Å². The summed E-state index contributed by atoms with van der Waals surface area (Å²) in [6.45, 7) is 8.90. The quantitative estimate of drug-likeness (QED) is 0.416. The van der Waals surface area contributed by atoms with Crippen LogP contribution in [0.3, 0.4) is 0 Å². The largest absolute Gasteiger partial charge is 0.489 e. The zero-order valence-corrected chi connectivity index (χ0v) is 23.0. The maximum atomic E-state index is 12.2. The molecule has 3 rings (SSSR count). The fourth-order valence-corrected chi connectivity index (χ4v) is 4.40. The number of anilines is 2. The van der Waals surface area contributed by atoms with Gasteiger partial charge in [0.25, 0.3) is 5.91 Å². The summed E-state index contributed by atoms with van der Waals surface area (Å²) in [5.41, 5.74) is 3.93. The first-order valence-electron chi connectivity index (χ1n) is 11.5. The van der Waals surface area contributed by atoms with Gasteiger partial charge in [0, 0.05) is 7.11 Å². The van der Waals surface area contributed by atoms with Crippen molar-refractivity contribution in [2.45, 2.75) is 51.0 Å². The molecule has 0 radical (unpaired) electrons. The Kier molecular flexibility index (Phi) is 11.6. The van der Waals surface area contributed by atoms with Crippen molar-refractivity contribution < 1.29 is 19.1 Å². The number of aryl methyl sites for hydroxylation is 2. The lowest BCUT2D eigenvalue weighted by atomic mass is 10.0. The number of carbonyl (C=O) groups is 2. The molecular weight excluding hydrogens is 511 g/mol. The van der Waals surface area contributed by atoms with Crippen LogP contribution in [-0.4, -0.2) is 54.9 Å². The van der Waals surface area contributed by atoms with E-state index in [0.717, 1.165) is 28.9 Å². The lowest BCUT2D eigenvalue weighted by molar-refractivity contribution is -0.118. The molecule has 35 heavy (non-hydrogen) atoms. The average molecular weight is 544 g/mol. The number of amides is 2. The van der Waals surface area contributed by atoms with Gasteiger partial charge in [0.15, 0.2) is 4.84 Å². The first kappa shape index (κ1) is 29.2. The zero-order valence-electron chi connectivity index (χ0n) is 20.8. The maximum absolute atomic E-state index is 12.2. The van der Waals surface area contributed by atoms with E-state index >= 15 is 0 Å². The Morgan fingerprint density at radius 1 is 1.20 bits per heavy atom. The van der Waals surface area contributed by atoms with Crippen LogP contribution in [0.1, 0.15) is 31.9 Å². The van der Waals surface area contributed by atoms with Crippen molar-refractivity contribution in [3.63, 3.8) is 0 Å². The maximum Gasteiger partial charge on any atom is 0.260 e. The fraction of sp³-hybridized carbons (Fsp3) is 0.462. The smallest absolute Gasteiger partial charge is 0.260 e. The van der Waals surface area contributed by atoms with E-state index in [1.807, 2.05) is 57.2 Å². The molecule has 2 aromatic carbocycles. The van der Waals surface area contributed by atoms with Crippen LogP contribution < -0.4 is 14.5 Å². The van der Waals surface area contributed by atoms with Gasteiger partial charge in [-0.1, -0.05) is 60.5 Å². The predicted octanol–water partition coefficient (Wildman–Crippen LogP) is 5.77. The Bertz CT molecular complexity index is 1000. The van der Waals surface area contributed by atoms with Gasteiger partial charge in [0.2, 0.25) is 5.91 Å². The number of benzene rings is 2. The second-order valence-corrected chi connectivity index (χ2v) is 9.64. The van der Waals surface area contributed by atoms with E-state index in [2.05, 4.69) is 13.0 Å². The monoisotopic (exact) mass is 542 g/mol. The Morgan fingerprint density at radius 2 is 1.89 bits per heavy atom. The summed E-state index contributed by atoms with van der Waals surface area (Å²) in [4.78, 5) is 26.4. The molecule has 0 aliphatic carbocycles. The van der Waals surface area contributed by atoms with Crippen LogP contribution in [0.5, 0.6) is 5.75 Å². The predicted molar refractivity (Wildman–Crippen MR) is 144 cm³/mol. The molecule has 0 saturated carbocycles. The van der Waals surface area contributed by atoms with E-state index < -0.39 is 4.84 Å². The molecule has 2 atom stereocenters. The van der Waals surface area contributed by atoms with Crippen molar-refractivity contribution in [2.75, 3.05) is 36.0 Å². The van der Waals surface area contributed by atoms with E-state index in [-0.39, 0.29) is 29.8 Å². The van der Waals surface area contributed by atoms with Gasteiger partial charge in [0.05, 0.1) is 30.1 Å². The highest BCUT2D eigenvalue weighted by atomic mass is 35.5. The molecule has 192 valence electrons. The van der Waals surface area contributed by atoms with Gasteiger partial charge < -0.3 is 19.3 Å². The summed E-state index contributed by atoms with van der Waals surface area (Å²) in [5, 5.41) is 0. The van der Waals surface area contributed by atoms with Gasteiger partial charge in [-0.05, 0) is 50.5 Å². The van der Waals surface area contributed by atoms with Crippen LogP contribution in [0.15, 0.2) is 42.5 Å². The van der Waals surface area contributed by atoms with Crippen molar-refractivity contribution in [3.8, 4) is 5.75 Å². The van der Waals surface area contributed by atoms with Gasteiger partial charge in [-0.2, -0.15) is 0 Å². The molecular formula is C26H33Cl3N2O4. The minimum absolute atomic E-state index is 0.0223. The normalized spacial score (nSPS) is 15.5. The summed E-state index contributed by atoms with van der Waals surface area (Å²) >= 11 is 17.0. The number of hydrogen-bond donors (Lipinski definition) is 0. The number of alkyl halides is 3. The highest BCUT2D eigenvalue weighted by Gasteiger charge is 2.32. The van der Waals surface area contributed by atoms with Crippen LogP contribution in [0.2, 0.25) is 0 Å². The van der Waals surface area contributed by atoms with Crippen molar-refractivity contribution in [3.05, 3.63) is 53.6 Å². The van der Waals surface area contributed by atoms with Crippen LogP contribution in [0.25, 0.3) is 0 Å². The number of nitrogens with zero attached hydrogens (tertiary/aromatic N) is 2. The summed E-state index contributed by atoms with van der Waals surface area (Å²) in [5.74, 6) is 0.260. The van der Waals surface area contributed by atoms with Gasteiger partial charge in [0.1, 0.15) is 18.2 Å². The highest BCUT2D eigenvalue weighted by molar-refractivity contribution is 6.54. The number of para-hydroxylation sites is 3. The Morgan fingerprint density at radius 3 is 2.49 bits per heavy atom. The van der Waals surface area contributed by atoms with Crippen LogP contribution in [0.4, 0.5) is 11.4 Å². The van der Waals surface area contributed by atoms with E-state index in [9.17, 15) is 9.59 Å². The number of fused-ring (bicyclic) bond motifs is 1. The topological polar surface area (TPSA) is 59.1 Å². The number of halogens is 3. The summed E-state index contributed by atoms with van der Waals surface area (Å²) in [6.07, 6.45) is 0.878. The first-order valence-corrected chi connectivity index (χ1v) is 12.9. The molecule has 2 aromatic rings. The van der Waals surface area contributed by atoms with Crippen molar-refractivity contribution in [1.82, 2.24) is 0 Å². The molecule has 1 aliphatic rings. The molecule has 1 heterocycles. The number of hydrogen-bond acceptors (Lipinski definition) is 4. The molecule has 0 saturated heterocycles. The molecule has 0 spiro atoms. The molecule has 1 aliphatic heterocycles. The Hall–Kier alpha value is -1.99. The standard InChI is InChI=1S/C15H22ClNO2.C11H11Cl2NO2/c1-5-13-8-6-7-11(2)15(13)17(14(18)9-16)12(3)10-19-4;1-7-6-16-9-5-3-2-4-8(9)14(7)11(15)10(12)13/h6-8,12H,5,9-10H2,1-4H3;2-5,7,10H,6H2,1H3/t12-;/m0./s1. The van der Waals surface area contributed by atoms with E-state index in [1.54, 1.807) is 16.9 Å². The lowest BCUT2D eigenvalue weighted by Gasteiger charge is -2.35. The number of methoxy groups -OCH3 is 1. The second kappa shape index (κ2) is 13.9. The number of rotatable bonds is 7. The van der Waals surface area contributed by atoms with Gasteiger partial charge in [-0.3, -0.25) is 9.59 Å². The van der Waals surface area contributed by atoms with Gasteiger partial charge in [-0.15, -0.1) is 11.6 Å². The zero-order chi connectivity index (χ0) is 26.1. The van der Waals surface area contributed by atoms with Crippen LogP contribution in [0, 0.1) is 6.92 Å². The van der Waals surface area contributed by atoms with Crippen molar-refractivity contribution in [1.29, 1.82) is 0 Å². The van der Waals surface area contributed by atoms with Crippen LogP contribution >= 0.6 is 34.8 Å². The lowest BCUT2D eigenvalue weighted by Crippen LogP contribution is -2.47. The van der Waals surface area contributed by atoms with E-state index in [4.69, 9.17) is 44.3 Å². The van der Waals surface area contributed by atoms with E-state index in [0.29, 0.717) is 19.0 Å². The highest BCUT2D eigenvalue weighted by Crippen LogP contribution is 2.34. The second-order valence-electron chi connectivity index (χ2n) is 8.27. The first-order chi connectivity index (χ1) is 16.7. The van der Waals surface area contributed by atoms with Gasteiger partial charge >= 0.3 is 0 Å². The summed E-state index contributed by atoms with van der Waals surface area (Å²) < 4.78 is 10.7. The summed E-state index contributed by atoms with van der Waals surface area (Å²) in [6, 6.07) is 13.3. The molecule has 1 unspecified atom stereocenters. The molecule has 2 amide bonds. The average Bonchev–Trinajstić information content (AvgIpc) is 2.85. The molecule has 0 aromatic heterocycles. The summed E-state index contributed by atoms with van der Waals surface area (Å²) in [7, 11) is 1.64. The minimum Gasteiger partial charge on any atom is -0.489 e. The van der Waals surface area contributed by atoms with Crippen molar-refractivity contribution >= 4 is 58.0 Å². The molecule has 0 bridgehead atoms. The third kappa shape index (κ3) is 7.26. The van der Waals surface area contributed by atoms with Gasteiger partial charge in [-0.25, -0.2) is 0 Å². The third-order valence-corrected chi connectivity index (χ3v) is 6.25. The third-order valence-electron chi connectivity index (χ3n) is 5.64. The molecule has 9 heteroatoms. The molecule has 6 nitrogen and oxygen atoms in total. The SMILES string of the molecule is CC1COc2ccccc2N1C(=O)C(Cl)Cl.CCc1cccc(C)c1N(C(=O)CCl)[C@@H](C)COC. The Balaban J connectivity index is 0.000000250. The van der Waals surface area contributed by atoms with Crippen LogP contribution in [-0.2, 0) is 20.7 Å². The van der Waals surface area contributed by atoms with Crippen molar-refractivity contribution in [2.24, 2.45) is 0 Å². The minimum atomic E-state index is -1.05. The number of carbonyl (C=O) groups excluding carboxylic acids is 2. The van der Waals surface area contributed by atoms with E-state index in [1.165, 1.54) is 0 Å². The fourth-order valence-electron chi connectivity index (χ4n) is 4.06. The molecule has 0 N–H and O–H groups in total. The number of ether oxygens (including phenoxy) is 2. The molecule has 0 fully saturated rings.